The summed E-state index contributed by atoms with van der Waals surface area (Å²) in [5, 5.41) is 6.56. The van der Waals surface area contributed by atoms with Gasteiger partial charge in [0, 0.05) is 23.4 Å². The van der Waals surface area contributed by atoms with E-state index < -0.39 is 0 Å². The van der Waals surface area contributed by atoms with Crippen LogP contribution in [0.25, 0.3) is 0 Å². The SMILES string of the molecule is NCC(Sc1nccs1)c1ccsc1. The Morgan fingerprint density at radius 2 is 2.43 bits per heavy atom. The normalized spacial score (nSPS) is 12.9. The van der Waals surface area contributed by atoms with Crippen molar-refractivity contribution < 1.29 is 0 Å². The molecule has 0 fully saturated rings. The van der Waals surface area contributed by atoms with Crippen LogP contribution < -0.4 is 5.73 Å². The highest BCUT2D eigenvalue weighted by Gasteiger charge is 2.12. The van der Waals surface area contributed by atoms with Gasteiger partial charge in [-0.05, 0) is 22.4 Å². The van der Waals surface area contributed by atoms with E-state index >= 15 is 0 Å². The summed E-state index contributed by atoms with van der Waals surface area (Å²) in [6, 6.07) is 2.13. The molecule has 0 saturated heterocycles. The summed E-state index contributed by atoms with van der Waals surface area (Å²) in [4.78, 5) is 4.24. The summed E-state index contributed by atoms with van der Waals surface area (Å²) >= 11 is 5.12. The molecular weight excluding hydrogens is 232 g/mol. The molecule has 2 rings (SSSR count). The first-order valence-electron chi connectivity index (χ1n) is 4.18. The predicted octanol–water partition coefficient (Wildman–Crippen LogP) is 3.00. The van der Waals surface area contributed by atoms with Gasteiger partial charge in [-0.3, -0.25) is 0 Å². The first-order valence-corrected chi connectivity index (χ1v) is 6.88. The molecule has 0 saturated carbocycles. The molecule has 1 unspecified atom stereocenters. The molecule has 0 bridgehead atoms. The fourth-order valence-corrected chi connectivity index (χ4v) is 3.74. The molecule has 14 heavy (non-hydrogen) atoms. The minimum atomic E-state index is 0.340. The average molecular weight is 242 g/mol. The molecule has 0 aliphatic carbocycles. The number of thiazole rings is 1. The number of thioether (sulfide) groups is 1. The van der Waals surface area contributed by atoms with Gasteiger partial charge in [0.15, 0.2) is 0 Å². The quantitative estimate of drug-likeness (QED) is 0.838. The third-order valence-corrected chi connectivity index (χ3v) is 4.68. The van der Waals surface area contributed by atoms with Gasteiger partial charge in [-0.25, -0.2) is 4.98 Å². The summed E-state index contributed by atoms with van der Waals surface area (Å²) in [6.07, 6.45) is 1.83. The van der Waals surface area contributed by atoms with Crippen molar-refractivity contribution in [3.8, 4) is 0 Å². The maximum Gasteiger partial charge on any atom is 0.150 e. The Kier molecular flexibility index (Phi) is 3.58. The molecule has 0 spiro atoms. The molecule has 5 heteroatoms. The van der Waals surface area contributed by atoms with Crippen molar-refractivity contribution in [2.24, 2.45) is 5.73 Å². The molecule has 1 atom stereocenters. The van der Waals surface area contributed by atoms with Crippen LogP contribution in [0.4, 0.5) is 0 Å². The number of nitrogens with two attached hydrogens (primary N) is 1. The van der Waals surface area contributed by atoms with E-state index in [1.54, 1.807) is 34.4 Å². The monoisotopic (exact) mass is 242 g/mol. The average Bonchev–Trinajstić information content (AvgIpc) is 2.86. The molecular formula is C9H10N2S3. The molecule has 2 aromatic heterocycles. The van der Waals surface area contributed by atoms with Crippen LogP contribution in [-0.2, 0) is 0 Å². The van der Waals surface area contributed by atoms with Gasteiger partial charge in [0.05, 0.1) is 0 Å². The standard InChI is InChI=1S/C9H10N2S3/c10-5-8(7-1-3-12-6-7)14-9-11-2-4-13-9/h1-4,6,8H,5,10H2. The van der Waals surface area contributed by atoms with E-state index in [9.17, 15) is 0 Å². The van der Waals surface area contributed by atoms with Gasteiger partial charge in [0.25, 0.3) is 0 Å². The maximum atomic E-state index is 5.74. The van der Waals surface area contributed by atoms with E-state index in [0.29, 0.717) is 11.8 Å². The lowest BCUT2D eigenvalue weighted by Gasteiger charge is -2.10. The molecule has 2 N–H and O–H groups in total. The third kappa shape index (κ3) is 2.36. The number of nitrogens with zero attached hydrogens (tertiary/aromatic N) is 1. The topological polar surface area (TPSA) is 38.9 Å². The number of thiophene rings is 1. The van der Waals surface area contributed by atoms with Crippen molar-refractivity contribution in [3.63, 3.8) is 0 Å². The van der Waals surface area contributed by atoms with Crippen LogP contribution in [-0.4, -0.2) is 11.5 Å². The highest BCUT2D eigenvalue weighted by Crippen LogP contribution is 2.36. The van der Waals surface area contributed by atoms with Gasteiger partial charge in [-0.1, -0.05) is 11.8 Å². The summed E-state index contributed by atoms with van der Waals surface area (Å²) in [7, 11) is 0. The summed E-state index contributed by atoms with van der Waals surface area (Å²) in [5.74, 6) is 0. The highest BCUT2D eigenvalue weighted by molar-refractivity contribution is 8.01. The molecule has 2 heterocycles. The minimum Gasteiger partial charge on any atom is -0.329 e. The van der Waals surface area contributed by atoms with E-state index in [-0.39, 0.29) is 0 Å². The lowest BCUT2D eigenvalue weighted by atomic mass is 10.2. The molecule has 0 aromatic carbocycles. The maximum absolute atomic E-state index is 5.74. The Morgan fingerprint density at radius 3 is 3.00 bits per heavy atom. The number of aromatic nitrogens is 1. The molecule has 0 aliphatic heterocycles. The molecule has 2 nitrogen and oxygen atoms in total. The molecule has 0 radical (unpaired) electrons. The third-order valence-electron chi connectivity index (χ3n) is 1.78. The summed E-state index contributed by atoms with van der Waals surface area (Å²) in [5.41, 5.74) is 7.04. The van der Waals surface area contributed by atoms with Gasteiger partial charge in [0.2, 0.25) is 0 Å². The number of hydrogen-bond donors (Lipinski definition) is 1. The Labute approximate surface area is 95.2 Å². The zero-order valence-electron chi connectivity index (χ0n) is 7.42. The van der Waals surface area contributed by atoms with Crippen molar-refractivity contribution in [2.75, 3.05) is 6.54 Å². The first kappa shape index (κ1) is 10.2. The largest absolute Gasteiger partial charge is 0.329 e. The second-order valence-corrected chi connectivity index (χ2v) is 5.82. The Bertz CT molecular complexity index is 355. The predicted molar refractivity (Wildman–Crippen MR) is 64.1 cm³/mol. The van der Waals surface area contributed by atoms with Gasteiger partial charge >= 0.3 is 0 Å². The Morgan fingerprint density at radius 1 is 1.50 bits per heavy atom. The number of hydrogen-bond acceptors (Lipinski definition) is 5. The fraction of sp³-hybridized carbons (Fsp3) is 0.222. The van der Waals surface area contributed by atoms with Crippen molar-refractivity contribution >= 4 is 34.4 Å². The van der Waals surface area contributed by atoms with E-state index in [0.717, 1.165) is 4.34 Å². The Hall–Kier alpha value is -0.360. The van der Waals surface area contributed by atoms with Crippen LogP contribution in [0, 0.1) is 0 Å². The van der Waals surface area contributed by atoms with E-state index in [4.69, 9.17) is 5.73 Å². The van der Waals surface area contributed by atoms with Gasteiger partial charge in [0.1, 0.15) is 4.34 Å². The van der Waals surface area contributed by atoms with Crippen LogP contribution in [0.15, 0.2) is 32.7 Å². The van der Waals surface area contributed by atoms with Crippen LogP contribution in [0.3, 0.4) is 0 Å². The second-order valence-electron chi connectivity index (χ2n) is 2.70. The summed E-state index contributed by atoms with van der Waals surface area (Å²) in [6.45, 7) is 0.654. The molecule has 74 valence electrons. The summed E-state index contributed by atoms with van der Waals surface area (Å²) < 4.78 is 1.09. The minimum absolute atomic E-state index is 0.340. The van der Waals surface area contributed by atoms with Gasteiger partial charge in [-0.15, -0.1) is 11.3 Å². The Balaban J connectivity index is 2.08. The highest BCUT2D eigenvalue weighted by atomic mass is 32.2. The van der Waals surface area contributed by atoms with E-state index in [1.165, 1.54) is 5.56 Å². The van der Waals surface area contributed by atoms with Gasteiger partial charge in [-0.2, -0.15) is 11.3 Å². The lowest BCUT2D eigenvalue weighted by Crippen LogP contribution is -2.08. The molecule has 2 aromatic rings. The van der Waals surface area contributed by atoms with Crippen molar-refractivity contribution in [1.82, 2.24) is 4.98 Å². The van der Waals surface area contributed by atoms with Crippen molar-refractivity contribution in [1.29, 1.82) is 0 Å². The smallest absolute Gasteiger partial charge is 0.150 e. The molecule has 0 amide bonds. The van der Waals surface area contributed by atoms with Crippen molar-refractivity contribution in [3.05, 3.63) is 34.0 Å². The zero-order valence-corrected chi connectivity index (χ0v) is 9.87. The lowest BCUT2D eigenvalue weighted by molar-refractivity contribution is 0.944. The van der Waals surface area contributed by atoms with Crippen LogP contribution in [0.1, 0.15) is 10.8 Å². The first-order chi connectivity index (χ1) is 6.90. The van der Waals surface area contributed by atoms with Crippen molar-refractivity contribution in [2.45, 2.75) is 9.59 Å². The fourth-order valence-electron chi connectivity index (χ4n) is 1.10. The van der Waals surface area contributed by atoms with Crippen LogP contribution in [0.5, 0.6) is 0 Å². The van der Waals surface area contributed by atoms with E-state index in [2.05, 4.69) is 21.8 Å². The zero-order chi connectivity index (χ0) is 9.80. The van der Waals surface area contributed by atoms with Gasteiger partial charge < -0.3 is 5.73 Å². The number of rotatable bonds is 4. The molecule has 0 aliphatic rings. The van der Waals surface area contributed by atoms with E-state index in [1.807, 2.05) is 11.6 Å². The van der Waals surface area contributed by atoms with Crippen LogP contribution in [0.2, 0.25) is 0 Å². The second kappa shape index (κ2) is 4.93. The van der Waals surface area contributed by atoms with Crippen LogP contribution >= 0.6 is 34.4 Å².